The van der Waals surface area contributed by atoms with Gasteiger partial charge in [0.15, 0.2) is 0 Å². The van der Waals surface area contributed by atoms with Gasteiger partial charge in [0, 0.05) is 0 Å². The molecule has 0 rings (SSSR count). The summed E-state index contributed by atoms with van der Waals surface area (Å²) in [4.78, 5) is 22.0. The molecule has 0 aliphatic carbocycles. The van der Waals surface area contributed by atoms with E-state index in [4.69, 9.17) is 16.8 Å². The molecule has 0 saturated carbocycles. The highest BCUT2D eigenvalue weighted by atomic mass is 16.3. The normalized spacial score (nSPS) is 12.4. The monoisotopic (exact) mass is 190 g/mol. The molecule has 7 N–H and O–H groups in total. The number of carbonyl (C=O) groups is 2. The van der Waals surface area contributed by atoms with Crippen LogP contribution in [-0.4, -0.2) is 23.0 Å². The van der Waals surface area contributed by atoms with Crippen LogP contribution in [0.2, 0.25) is 0 Å². The Bertz CT molecular complexity index is 178. The first-order valence-electron chi connectivity index (χ1n) is 3.71. The van der Waals surface area contributed by atoms with Gasteiger partial charge in [-0.15, -0.1) is 0 Å². The van der Waals surface area contributed by atoms with E-state index in [2.05, 4.69) is 0 Å². The third kappa shape index (κ3) is 3.83. The second-order valence-electron chi connectivity index (χ2n) is 2.65. The summed E-state index contributed by atoms with van der Waals surface area (Å²) in [6.45, 7) is 1.46. The van der Waals surface area contributed by atoms with Gasteiger partial charge in [0.05, 0.1) is 6.10 Å². The first kappa shape index (κ1) is 11.8. The van der Waals surface area contributed by atoms with Gasteiger partial charge in [0.1, 0.15) is 5.92 Å². The van der Waals surface area contributed by atoms with Crippen molar-refractivity contribution in [1.82, 2.24) is 10.9 Å². The van der Waals surface area contributed by atoms with Crippen molar-refractivity contribution in [3.05, 3.63) is 0 Å². The van der Waals surface area contributed by atoms with Crippen LogP contribution in [-0.2, 0) is 9.59 Å². The number of carbonyl (C=O) groups excluding carboxylic acids is 2. The molecule has 0 aliphatic heterocycles. The smallest absolute Gasteiger partial charge is 0.246 e. The van der Waals surface area contributed by atoms with E-state index in [0.29, 0.717) is 0 Å². The van der Waals surface area contributed by atoms with Crippen molar-refractivity contribution >= 4 is 11.8 Å². The summed E-state index contributed by atoms with van der Waals surface area (Å²) < 4.78 is 0. The topological polar surface area (TPSA) is 130 Å². The Morgan fingerprint density at radius 1 is 1.31 bits per heavy atom. The number of amides is 2. The number of hydrazine groups is 2. The minimum atomic E-state index is -1.06. The lowest BCUT2D eigenvalue weighted by molar-refractivity contribution is -0.136. The quantitative estimate of drug-likeness (QED) is 0.143. The summed E-state index contributed by atoms with van der Waals surface area (Å²) in [7, 11) is 0. The molecule has 0 aromatic carbocycles. The van der Waals surface area contributed by atoms with E-state index >= 15 is 0 Å². The molecule has 0 unspecified atom stereocenters. The molecule has 0 bridgehead atoms. The van der Waals surface area contributed by atoms with Crippen molar-refractivity contribution in [2.24, 2.45) is 17.6 Å². The maximum absolute atomic E-state index is 11.0. The van der Waals surface area contributed by atoms with E-state index < -0.39 is 23.8 Å². The minimum absolute atomic E-state index is 0.0218. The lowest BCUT2D eigenvalue weighted by Gasteiger charge is -2.14. The van der Waals surface area contributed by atoms with Gasteiger partial charge in [0.2, 0.25) is 11.8 Å². The molecule has 0 fully saturated rings. The molecule has 0 aromatic heterocycles. The van der Waals surface area contributed by atoms with Gasteiger partial charge in [-0.2, -0.15) is 0 Å². The molecule has 13 heavy (non-hydrogen) atoms. The van der Waals surface area contributed by atoms with Crippen LogP contribution >= 0.6 is 0 Å². The Labute approximate surface area is 75.4 Å². The third-order valence-corrected chi connectivity index (χ3v) is 1.49. The fraction of sp³-hybridized carbons (Fsp3) is 0.667. The molecular formula is C6H14N4O3. The SMILES string of the molecule is C[C@@H](O)CC(C(=O)NN)C(=O)NN. The van der Waals surface area contributed by atoms with Crippen molar-refractivity contribution in [1.29, 1.82) is 0 Å². The molecule has 2 amide bonds. The van der Waals surface area contributed by atoms with Gasteiger partial charge in [-0.3, -0.25) is 20.4 Å². The molecule has 76 valence electrons. The van der Waals surface area contributed by atoms with E-state index in [-0.39, 0.29) is 6.42 Å². The molecule has 1 atom stereocenters. The fourth-order valence-electron chi connectivity index (χ4n) is 0.875. The maximum atomic E-state index is 11.0. The van der Waals surface area contributed by atoms with Crippen LogP contribution in [0.1, 0.15) is 13.3 Å². The van der Waals surface area contributed by atoms with E-state index in [1.807, 2.05) is 10.9 Å². The van der Waals surface area contributed by atoms with Crippen LogP contribution in [0.5, 0.6) is 0 Å². The zero-order valence-corrected chi connectivity index (χ0v) is 7.28. The fourth-order valence-corrected chi connectivity index (χ4v) is 0.875. The van der Waals surface area contributed by atoms with Crippen LogP contribution in [0.4, 0.5) is 0 Å². The van der Waals surface area contributed by atoms with Gasteiger partial charge in [-0.1, -0.05) is 0 Å². The Morgan fingerprint density at radius 3 is 1.92 bits per heavy atom. The summed E-state index contributed by atoms with van der Waals surface area (Å²) in [5.74, 6) is 7.26. The number of nitrogens with one attached hydrogen (secondary N) is 2. The number of hydrogen-bond acceptors (Lipinski definition) is 5. The molecule has 7 nitrogen and oxygen atoms in total. The molecular weight excluding hydrogens is 176 g/mol. The highest BCUT2D eigenvalue weighted by Crippen LogP contribution is 2.06. The largest absolute Gasteiger partial charge is 0.393 e. The first-order chi connectivity index (χ1) is 6.02. The molecule has 0 aliphatic rings. The van der Waals surface area contributed by atoms with Crippen molar-refractivity contribution < 1.29 is 14.7 Å². The Balaban J connectivity index is 4.36. The number of nitrogens with two attached hydrogens (primary N) is 2. The third-order valence-electron chi connectivity index (χ3n) is 1.49. The highest BCUT2D eigenvalue weighted by molar-refractivity contribution is 5.99. The second kappa shape index (κ2) is 5.46. The average molecular weight is 190 g/mol. The Hall–Kier alpha value is -1.18. The molecule has 0 aromatic rings. The zero-order valence-electron chi connectivity index (χ0n) is 7.28. The Kier molecular flexibility index (Phi) is 4.97. The van der Waals surface area contributed by atoms with Crippen molar-refractivity contribution in [3.63, 3.8) is 0 Å². The summed E-state index contributed by atoms with van der Waals surface area (Å²) in [5.41, 5.74) is 3.64. The summed E-state index contributed by atoms with van der Waals surface area (Å²) >= 11 is 0. The van der Waals surface area contributed by atoms with E-state index in [1.165, 1.54) is 6.92 Å². The summed E-state index contributed by atoms with van der Waals surface area (Å²) in [6, 6.07) is 0. The number of rotatable bonds is 4. The number of aliphatic hydroxyl groups excluding tert-OH is 1. The van der Waals surface area contributed by atoms with Crippen LogP contribution in [0.15, 0.2) is 0 Å². The number of hydrogen-bond donors (Lipinski definition) is 5. The lowest BCUT2D eigenvalue weighted by atomic mass is 10.0. The molecule has 7 heteroatoms. The first-order valence-corrected chi connectivity index (χ1v) is 3.71. The molecule has 0 spiro atoms. The van der Waals surface area contributed by atoms with Crippen molar-refractivity contribution in [2.75, 3.05) is 0 Å². The predicted molar refractivity (Wildman–Crippen MR) is 44.4 cm³/mol. The van der Waals surface area contributed by atoms with Crippen molar-refractivity contribution in [2.45, 2.75) is 19.4 Å². The van der Waals surface area contributed by atoms with E-state index in [1.54, 1.807) is 0 Å². The number of aliphatic hydroxyl groups is 1. The second-order valence-corrected chi connectivity index (χ2v) is 2.65. The van der Waals surface area contributed by atoms with Crippen LogP contribution in [0.25, 0.3) is 0 Å². The van der Waals surface area contributed by atoms with Crippen LogP contribution < -0.4 is 22.5 Å². The van der Waals surface area contributed by atoms with E-state index in [0.717, 1.165) is 0 Å². The molecule has 0 radical (unpaired) electrons. The standard InChI is InChI=1S/C6H14N4O3/c1-3(11)2-4(5(12)9-7)6(13)10-8/h3-4,11H,2,7-8H2,1H3,(H,9,12)(H,10,13)/t3-/m1/s1. The van der Waals surface area contributed by atoms with Gasteiger partial charge >= 0.3 is 0 Å². The molecule has 0 heterocycles. The average Bonchev–Trinajstić information content (AvgIpc) is 2.11. The van der Waals surface area contributed by atoms with Crippen LogP contribution in [0, 0.1) is 5.92 Å². The molecule has 0 saturated heterocycles. The highest BCUT2D eigenvalue weighted by Gasteiger charge is 2.26. The zero-order chi connectivity index (χ0) is 10.4. The Morgan fingerprint density at radius 2 is 1.69 bits per heavy atom. The lowest BCUT2D eigenvalue weighted by Crippen LogP contribution is -2.46. The van der Waals surface area contributed by atoms with Gasteiger partial charge in [-0.05, 0) is 13.3 Å². The summed E-state index contributed by atoms with van der Waals surface area (Å²) in [5, 5.41) is 8.97. The summed E-state index contributed by atoms with van der Waals surface area (Å²) in [6.07, 6.45) is -0.800. The predicted octanol–water partition coefficient (Wildman–Crippen LogP) is -2.65. The van der Waals surface area contributed by atoms with Crippen LogP contribution in [0.3, 0.4) is 0 Å². The van der Waals surface area contributed by atoms with Gasteiger partial charge in [-0.25, -0.2) is 11.7 Å². The van der Waals surface area contributed by atoms with E-state index in [9.17, 15) is 9.59 Å². The van der Waals surface area contributed by atoms with Crippen molar-refractivity contribution in [3.8, 4) is 0 Å². The minimum Gasteiger partial charge on any atom is -0.393 e. The van der Waals surface area contributed by atoms with Gasteiger partial charge < -0.3 is 5.11 Å². The van der Waals surface area contributed by atoms with Gasteiger partial charge in [0.25, 0.3) is 0 Å². The maximum Gasteiger partial charge on any atom is 0.246 e.